The number of carbonyl (C=O) groups is 1. The maximum absolute atomic E-state index is 12.7. The van der Waals surface area contributed by atoms with Gasteiger partial charge in [-0.15, -0.1) is 0 Å². The Morgan fingerprint density at radius 3 is 2.78 bits per heavy atom. The number of hydrogen-bond donors (Lipinski definition) is 3. The summed E-state index contributed by atoms with van der Waals surface area (Å²) in [5.41, 5.74) is 2.11. The predicted molar refractivity (Wildman–Crippen MR) is 139 cm³/mol. The largest absolute Gasteiger partial charge is 0.392 e. The molecule has 1 unspecified atom stereocenters. The Kier molecular flexibility index (Phi) is 5.95. The second-order valence-corrected chi connectivity index (χ2v) is 10.9. The maximum Gasteiger partial charge on any atom is 0.243 e. The lowest BCUT2D eigenvalue weighted by Crippen LogP contribution is -2.66. The first kappa shape index (κ1) is 23.4. The molecule has 3 aliphatic heterocycles. The number of aliphatic hydroxyl groups excluding tert-OH is 1. The number of pyridine rings is 1. The number of rotatable bonds is 5. The van der Waals surface area contributed by atoms with Gasteiger partial charge >= 0.3 is 0 Å². The Balaban J connectivity index is 1.16. The van der Waals surface area contributed by atoms with Gasteiger partial charge < -0.3 is 25.5 Å². The van der Waals surface area contributed by atoms with Crippen molar-refractivity contribution in [2.45, 2.75) is 69.7 Å². The van der Waals surface area contributed by atoms with E-state index in [1.54, 1.807) is 0 Å². The van der Waals surface area contributed by atoms with Crippen molar-refractivity contribution in [1.82, 2.24) is 25.2 Å². The van der Waals surface area contributed by atoms with Gasteiger partial charge in [0.2, 0.25) is 11.9 Å². The van der Waals surface area contributed by atoms with E-state index in [1.807, 2.05) is 25.4 Å². The zero-order valence-corrected chi connectivity index (χ0v) is 21.2. The first-order chi connectivity index (χ1) is 17.4. The number of carbonyl (C=O) groups excluding carboxylic acids is 1. The van der Waals surface area contributed by atoms with E-state index >= 15 is 0 Å². The fraction of sp³-hybridized carbons (Fsp3) is 0.615. The highest BCUT2D eigenvalue weighted by Crippen LogP contribution is 2.45. The molecule has 1 saturated carbocycles. The van der Waals surface area contributed by atoms with Crippen molar-refractivity contribution in [2.24, 2.45) is 0 Å². The van der Waals surface area contributed by atoms with Crippen molar-refractivity contribution < 1.29 is 9.90 Å². The molecule has 3 N–H and O–H groups in total. The number of hydrogen-bond acceptors (Lipinski definition) is 9. The molecule has 2 aromatic heterocycles. The smallest absolute Gasteiger partial charge is 0.243 e. The van der Waals surface area contributed by atoms with Crippen LogP contribution in [0.15, 0.2) is 24.5 Å². The van der Waals surface area contributed by atoms with Gasteiger partial charge in [0.1, 0.15) is 17.7 Å². The molecule has 4 aliphatic rings. The Morgan fingerprint density at radius 2 is 2.06 bits per heavy atom. The molecule has 0 bridgehead atoms. The molecule has 36 heavy (non-hydrogen) atoms. The van der Waals surface area contributed by atoms with Gasteiger partial charge in [-0.3, -0.25) is 9.69 Å². The van der Waals surface area contributed by atoms with E-state index in [0.717, 1.165) is 49.5 Å². The van der Waals surface area contributed by atoms with Gasteiger partial charge in [-0.05, 0) is 38.8 Å². The fourth-order valence-corrected chi connectivity index (χ4v) is 6.53. The minimum atomic E-state index is -0.311. The van der Waals surface area contributed by atoms with Crippen LogP contribution in [0.4, 0.5) is 23.3 Å². The average Bonchev–Trinajstić information content (AvgIpc) is 3.49. The van der Waals surface area contributed by atoms with Crippen LogP contribution in [0.2, 0.25) is 0 Å². The molecule has 1 spiro atoms. The molecule has 2 saturated heterocycles. The highest BCUT2D eigenvalue weighted by atomic mass is 16.3. The summed E-state index contributed by atoms with van der Waals surface area (Å²) in [5.74, 6) is 2.20. The number of amides is 1. The van der Waals surface area contributed by atoms with Gasteiger partial charge in [0.15, 0.2) is 0 Å². The average molecular weight is 493 g/mol. The number of nitrogens with one attached hydrogen (secondary N) is 2. The van der Waals surface area contributed by atoms with Gasteiger partial charge in [-0.25, -0.2) is 9.97 Å². The van der Waals surface area contributed by atoms with Crippen molar-refractivity contribution >= 4 is 29.2 Å². The van der Waals surface area contributed by atoms with Crippen LogP contribution in [0.3, 0.4) is 0 Å². The van der Waals surface area contributed by atoms with E-state index in [2.05, 4.69) is 48.3 Å². The molecule has 10 nitrogen and oxygen atoms in total. The minimum absolute atomic E-state index is 0.0221. The number of aromatic nitrogens is 3. The second kappa shape index (κ2) is 9.15. The molecule has 2 aromatic rings. The first-order valence-corrected chi connectivity index (χ1v) is 13.2. The third-order valence-corrected chi connectivity index (χ3v) is 8.35. The fourth-order valence-electron chi connectivity index (χ4n) is 6.53. The Morgan fingerprint density at radius 1 is 1.22 bits per heavy atom. The van der Waals surface area contributed by atoms with Crippen LogP contribution in [0.1, 0.15) is 45.1 Å². The molecule has 1 aliphatic carbocycles. The number of anilines is 4. The van der Waals surface area contributed by atoms with Crippen LogP contribution in [0.5, 0.6) is 0 Å². The van der Waals surface area contributed by atoms with Crippen molar-refractivity contribution in [3.05, 3.63) is 30.1 Å². The number of aliphatic hydroxyl groups is 1. The van der Waals surface area contributed by atoms with E-state index in [1.165, 1.54) is 12.8 Å². The number of nitrogens with zero attached hydrogens (tertiary/aromatic N) is 6. The normalized spacial score (nSPS) is 26.0. The van der Waals surface area contributed by atoms with Crippen molar-refractivity contribution in [1.29, 1.82) is 0 Å². The van der Waals surface area contributed by atoms with E-state index in [0.29, 0.717) is 37.3 Å². The SMILES string of the molecule is C[C@H](O)CN1CCN(c2ccc(Nc3ncc4c(n3)N3C(C4)C(=O)NCC34CCCC4)nc2)C[C@H]1C. The van der Waals surface area contributed by atoms with Crippen LogP contribution < -0.4 is 20.4 Å². The zero-order chi connectivity index (χ0) is 24.9. The van der Waals surface area contributed by atoms with E-state index in [4.69, 9.17) is 4.98 Å². The lowest BCUT2D eigenvalue weighted by atomic mass is 9.90. The van der Waals surface area contributed by atoms with Gasteiger partial charge in [0.25, 0.3) is 0 Å². The van der Waals surface area contributed by atoms with Gasteiger partial charge in [0.05, 0.1) is 23.5 Å². The standard InChI is InChI=1S/C26H36N8O2/c1-17-14-33(10-9-32(17)15-18(2)35)20-5-6-22(27-13-20)30-25-28-12-19-11-21-24(36)29-16-26(7-3-4-8-26)34(21)23(19)31-25/h5-6,12-13,17-18,21,35H,3-4,7-11,14-16H2,1-2H3,(H,29,36)(H,27,28,30,31)/t17-,18+,21?/m1/s1. The quantitative estimate of drug-likeness (QED) is 0.574. The summed E-state index contributed by atoms with van der Waals surface area (Å²) < 4.78 is 0. The minimum Gasteiger partial charge on any atom is -0.392 e. The summed E-state index contributed by atoms with van der Waals surface area (Å²) in [4.78, 5) is 33.7. The van der Waals surface area contributed by atoms with Gasteiger partial charge in [0, 0.05) is 56.9 Å². The summed E-state index contributed by atoms with van der Waals surface area (Å²) in [6.07, 6.45) is 8.67. The van der Waals surface area contributed by atoms with E-state index in [9.17, 15) is 9.90 Å². The molecule has 3 atom stereocenters. The third-order valence-electron chi connectivity index (χ3n) is 8.35. The second-order valence-electron chi connectivity index (χ2n) is 10.9. The van der Waals surface area contributed by atoms with Crippen LogP contribution in [-0.4, -0.2) is 87.3 Å². The molecule has 5 heterocycles. The number of piperazine rings is 2. The third kappa shape index (κ3) is 4.16. The monoisotopic (exact) mass is 492 g/mol. The molecule has 6 rings (SSSR count). The number of fused-ring (bicyclic) bond motifs is 4. The van der Waals surface area contributed by atoms with Crippen molar-refractivity contribution in [2.75, 3.05) is 47.8 Å². The summed E-state index contributed by atoms with van der Waals surface area (Å²) in [5, 5.41) is 16.1. The predicted octanol–water partition coefficient (Wildman–Crippen LogP) is 1.68. The van der Waals surface area contributed by atoms with Gasteiger partial charge in [-0.1, -0.05) is 12.8 Å². The zero-order valence-electron chi connectivity index (χ0n) is 21.2. The van der Waals surface area contributed by atoms with E-state index < -0.39 is 0 Å². The first-order valence-electron chi connectivity index (χ1n) is 13.2. The van der Waals surface area contributed by atoms with Crippen LogP contribution in [0.25, 0.3) is 0 Å². The highest BCUT2D eigenvalue weighted by Gasteiger charge is 2.52. The van der Waals surface area contributed by atoms with Crippen LogP contribution >= 0.6 is 0 Å². The Hall–Kier alpha value is -2.98. The molecule has 0 radical (unpaired) electrons. The number of β-amino-alcohol motifs (C(OH)–C–C–N with tert-alkyl or cyclic N) is 1. The molecule has 3 fully saturated rings. The van der Waals surface area contributed by atoms with Crippen LogP contribution in [-0.2, 0) is 11.2 Å². The molecular weight excluding hydrogens is 456 g/mol. The lowest BCUT2D eigenvalue weighted by molar-refractivity contribution is -0.124. The molecule has 1 amide bonds. The summed E-state index contributed by atoms with van der Waals surface area (Å²) in [6.45, 7) is 8.19. The highest BCUT2D eigenvalue weighted by molar-refractivity contribution is 5.90. The summed E-state index contributed by atoms with van der Waals surface area (Å²) in [6, 6.07) is 4.24. The van der Waals surface area contributed by atoms with Crippen LogP contribution in [0, 0.1) is 0 Å². The van der Waals surface area contributed by atoms with Crippen molar-refractivity contribution in [3.8, 4) is 0 Å². The lowest BCUT2D eigenvalue weighted by Gasteiger charge is -2.47. The Labute approximate surface area is 212 Å². The molecule has 0 aromatic carbocycles. The topological polar surface area (TPSA) is 110 Å². The Bertz CT molecular complexity index is 1120. The molecule has 192 valence electrons. The summed E-state index contributed by atoms with van der Waals surface area (Å²) >= 11 is 0. The maximum atomic E-state index is 12.7. The van der Waals surface area contributed by atoms with Crippen molar-refractivity contribution in [3.63, 3.8) is 0 Å². The van der Waals surface area contributed by atoms with E-state index in [-0.39, 0.29) is 23.6 Å². The molecule has 10 heteroatoms. The summed E-state index contributed by atoms with van der Waals surface area (Å²) in [7, 11) is 0. The van der Waals surface area contributed by atoms with Gasteiger partial charge in [-0.2, -0.15) is 4.98 Å². The molecular formula is C26H36N8O2.